The highest BCUT2D eigenvalue weighted by molar-refractivity contribution is 7.89. The van der Waals surface area contributed by atoms with E-state index in [0.29, 0.717) is 22.2 Å². The Morgan fingerprint density at radius 1 is 1.14 bits per heavy atom. The number of hydrogen-bond acceptors (Lipinski definition) is 5. The van der Waals surface area contributed by atoms with Gasteiger partial charge in [-0.3, -0.25) is 4.79 Å². The smallest absolute Gasteiger partial charge is 0.255 e. The molecule has 3 aromatic rings. The first-order chi connectivity index (χ1) is 13.4. The number of ether oxygens (including phenoxy) is 1. The molecule has 2 N–H and O–H groups in total. The van der Waals surface area contributed by atoms with Gasteiger partial charge in [0.25, 0.3) is 5.91 Å². The molecule has 0 saturated carbocycles. The summed E-state index contributed by atoms with van der Waals surface area (Å²) in [4.78, 5) is 12.5. The molecule has 146 valence electrons. The molecule has 0 aliphatic heterocycles. The minimum atomic E-state index is -3.82. The van der Waals surface area contributed by atoms with Gasteiger partial charge in [-0.05, 0) is 48.5 Å². The normalized spacial score (nSPS) is 11.2. The molecule has 1 heterocycles. The molecule has 1 amide bonds. The van der Waals surface area contributed by atoms with Gasteiger partial charge in [0.2, 0.25) is 10.0 Å². The molecular formula is C19H17ClN2O5S. The Balaban J connectivity index is 1.79. The van der Waals surface area contributed by atoms with E-state index in [9.17, 15) is 13.2 Å². The van der Waals surface area contributed by atoms with Crippen molar-refractivity contribution in [2.24, 2.45) is 0 Å². The third-order valence-corrected chi connectivity index (χ3v) is 5.47. The summed E-state index contributed by atoms with van der Waals surface area (Å²) in [5.41, 5.74) is 0.548. The van der Waals surface area contributed by atoms with E-state index in [1.54, 1.807) is 30.3 Å². The van der Waals surface area contributed by atoms with Crippen molar-refractivity contribution in [1.82, 2.24) is 4.72 Å². The Labute approximate surface area is 167 Å². The van der Waals surface area contributed by atoms with E-state index < -0.39 is 15.9 Å². The third-order valence-electron chi connectivity index (χ3n) is 3.83. The Morgan fingerprint density at radius 3 is 2.68 bits per heavy atom. The first kappa shape index (κ1) is 19.9. The standard InChI is InChI=1S/C19H17ClN2O5S/c1-26-18-8-7-14(20)11-17(18)22-19(23)13-4-2-6-16(10-13)28(24,25)21-12-15-5-3-9-27-15/h2-11,21H,12H2,1H3,(H,22,23). The Morgan fingerprint density at radius 2 is 1.96 bits per heavy atom. The number of carbonyl (C=O) groups is 1. The van der Waals surface area contributed by atoms with Crippen LogP contribution in [0, 0.1) is 0 Å². The number of sulfonamides is 1. The van der Waals surface area contributed by atoms with Gasteiger partial charge in [-0.1, -0.05) is 17.7 Å². The molecule has 0 radical (unpaired) electrons. The summed E-state index contributed by atoms with van der Waals surface area (Å²) in [5, 5.41) is 3.10. The molecule has 3 rings (SSSR count). The maximum Gasteiger partial charge on any atom is 0.255 e. The van der Waals surface area contributed by atoms with Crippen LogP contribution in [0.25, 0.3) is 0 Å². The van der Waals surface area contributed by atoms with E-state index in [1.807, 2.05) is 0 Å². The number of methoxy groups -OCH3 is 1. The second-order valence-corrected chi connectivity index (χ2v) is 7.93. The van der Waals surface area contributed by atoms with Gasteiger partial charge in [0, 0.05) is 10.6 Å². The summed E-state index contributed by atoms with van der Waals surface area (Å²) in [6.45, 7) is 0.00543. The zero-order chi connectivity index (χ0) is 20.1. The van der Waals surface area contributed by atoms with Crippen LogP contribution in [0.5, 0.6) is 5.75 Å². The van der Waals surface area contributed by atoms with Gasteiger partial charge in [0.15, 0.2) is 0 Å². The molecule has 0 fully saturated rings. The lowest BCUT2D eigenvalue weighted by molar-refractivity contribution is 0.102. The molecular weight excluding hydrogens is 404 g/mol. The summed E-state index contributed by atoms with van der Waals surface area (Å²) < 4.78 is 37.7. The SMILES string of the molecule is COc1ccc(Cl)cc1NC(=O)c1cccc(S(=O)(=O)NCc2ccco2)c1. The Kier molecular flexibility index (Phi) is 6.03. The van der Waals surface area contributed by atoms with Crippen LogP contribution in [0.1, 0.15) is 16.1 Å². The van der Waals surface area contributed by atoms with Gasteiger partial charge in [0.1, 0.15) is 11.5 Å². The second kappa shape index (κ2) is 8.47. The number of benzene rings is 2. The van der Waals surface area contributed by atoms with Crippen molar-refractivity contribution < 1.29 is 22.4 Å². The van der Waals surface area contributed by atoms with Crippen LogP contribution < -0.4 is 14.8 Å². The van der Waals surface area contributed by atoms with E-state index in [1.165, 1.54) is 37.6 Å². The largest absolute Gasteiger partial charge is 0.495 e. The summed E-state index contributed by atoms with van der Waals surface area (Å²) in [6, 6.07) is 13.8. The van der Waals surface area contributed by atoms with E-state index in [2.05, 4.69) is 10.0 Å². The predicted octanol–water partition coefficient (Wildman–Crippen LogP) is 3.67. The fraction of sp³-hybridized carbons (Fsp3) is 0.105. The van der Waals surface area contributed by atoms with Crippen LogP contribution in [0.15, 0.2) is 70.2 Å². The number of carbonyl (C=O) groups excluding carboxylic acids is 1. The quantitative estimate of drug-likeness (QED) is 0.607. The van der Waals surface area contributed by atoms with Gasteiger partial charge in [-0.2, -0.15) is 0 Å². The molecule has 2 aromatic carbocycles. The van der Waals surface area contributed by atoms with E-state index >= 15 is 0 Å². The van der Waals surface area contributed by atoms with Crippen LogP contribution in [-0.2, 0) is 16.6 Å². The maximum atomic E-state index is 12.6. The topological polar surface area (TPSA) is 97.6 Å². The third kappa shape index (κ3) is 4.72. The van der Waals surface area contributed by atoms with Crippen LogP contribution in [0.4, 0.5) is 5.69 Å². The summed E-state index contributed by atoms with van der Waals surface area (Å²) in [7, 11) is -2.35. The minimum absolute atomic E-state index is 0.00543. The van der Waals surface area contributed by atoms with Crippen molar-refractivity contribution in [1.29, 1.82) is 0 Å². The van der Waals surface area contributed by atoms with Gasteiger partial charge < -0.3 is 14.5 Å². The first-order valence-corrected chi connectivity index (χ1v) is 10.0. The van der Waals surface area contributed by atoms with Crippen molar-refractivity contribution in [3.05, 3.63) is 77.2 Å². The number of nitrogens with one attached hydrogen (secondary N) is 2. The number of rotatable bonds is 7. The fourth-order valence-corrected chi connectivity index (χ4v) is 3.65. The van der Waals surface area contributed by atoms with Gasteiger partial charge in [-0.25, -0.2) is 13.1 Å². The van der Waals surface area contributed by atoms with Gasteiger partial charge in [-0.15, -0.1) is 0 Å². The fourth-order valence-electron chi connectivity index (χ4n) is 2.44. The zero-order valence-corrected chi connectivity index (χ0v) is 16.4. The van der Waals surface area contributed by atoms with Gasteiger partial charge >= 0.3 is 0 Å². The van der Waals surface area contributed by atoms with Gasteiger partial charge in [0.05, 0.1) is 30.5 Å². The van der Waals surface area contributed by atoms with Crippen molar-refractivity contribution in [2.75, 3.05) is 12.4 Å². The molecule has 0 unspecified atom stereocenters. The van der Waals surface area contributed by atoms with Crippen molar-refractivity contribution >= 4 is 33.2 Å². The van der Waals surface area contributed by atoms with E-state index in [0.717, 1.165) is 0 Å². The Hall–Kier alpha value is -2.81. The van der Waals surface area contributed by atoms with Crippen LogP contribution in [0.2, 0.25) is 5.02 Å². The number of halogens is 1. The number of anilines is 1. The van der Waals surface area contributed by atoms with Crippen LogP contribution in [0.3, 0.4) is 0 Å². The molecule has 0 bridgehead atoms. The van der Waals surface area contributed by atoms with E-state index in [-0.39, 0.29) is 17.0 Å². The lowest BCUT2D eigenvalue weighted by Crippen LogP contribution is -2.23. The lowest BCUT2D eigenvalue weighted by atomic mass is 10.2. The first-order valence-electron chi connectivity index (χ1n) is 8.16. The summed E-state index contributed by atoms with van der Waals surface area (Å²) >= 11 is 5.96. The van der Waals surface area contributed by atoms with Crippen molar-refractivity contribution in [2.45, 2.75) is 11.4 Å². The average Bonchev–Trinajstić information content (AvgIpc) is 3.20. The lowest BCUT2D eigenvalue weighted by Gasteiger charge is -2.11. The monoisotopic (exact) mass is 420 g/mol. The highest BCUT2D eigenvalue weighted by atomic mass is 35.5. The van der Waals surface area contributed by atoms with Crippen LogP contribution >= 0.6 is 11.6 Å². The minimum Gasteiger partial charge on any atom is -0.495 e. The Bertz CT molecular complexity index is 1080. The number of amides is 1. The summed E-state index contributed by atoms with van der Waals surface area (Å²) in [6.07, 6.45) is 1.46. The zero-order valence-electron chi connectivity index (χ0n) is 14.8. The molecule has 9 heteroatoms. The predicted molar refractivity (Wildman–Crippen MR) is 105 cm³/mol. The molecule has 0 aliphatic carbocycles. The molecule has 0 aliphatic rings. The molecule has 28 heavy (non-hydrogen) atoms. The second-order valence-electron chi connectivity index (χ2n) is 5.73. The molecule has 1 aromatic heterocycles. The average molecular weight is 421 g/mol. The van der Waals surface area contributed by atoms with Crippen LogP contribution in [-0.4, -0.2) is 21.4 Å². The maximum absolute atomic E-state index is 12.6. The van der Waals surface area contributed by atoms with Crippen molar-refractivity contribution in [3.8, 4) is 5.75 Å². The molecule has 0 saturated heterocycles. The highest BCUT2D eigenvalue weighted by Gasteiger charge is 2.17. The van der Waals surface area contributed by atoms with E-state index in [4.69, 9.17) is 20.8 Å². The number of hydrogen-bond donors (Lipinski definition) is 2. The summed E-state index contributed by atoms with van der Waals surface area (Å²) in [5.74, 6) is 0.413. The molecule has 7 nitrogen and oxygen atoms in total. The highest BCUT2D eigenvalue weighted by Crippen LogP contribution is 2.28. The molecule has 0 spiro atoms. The molecule has 0 atom stereocenters. The van der Waals surface area contributed by atoms with Crippen molar-refractivity contribution in [3.63, 3.8) is 0 Å². The number of furan rings is 1.